The van der Waals surface area contributed by atoms with Gasteiger partial charge in [-0.1, -0.05) is 34.1 Å². The van der Waals surface area contributed by atoms with E-state index in [1.807, 2.05) is 12.1 Å². The molecular formula is C15H9Br2N3O2. The van der Waals surface area contributed by atoms with Gasteiger partial charge >= 0.3 is 0 Å². The van der Waals surface area contributed by atoms with Crippen molar-refractivity contribution in [2.75, 3.05) is 0 Å². The lowest BCUT2D eigenvalue weighted by molar-refractivity contribution is 0.0995. The Morgan fingerprint density at radius 3 is 2.59 bits per heavy atom. The Kier molecular flexibility index (Phi) is 4.08. The molecule has 1 amide bonds. The molecule has 0 unspecified atom stereocenters. The van der Waals surface area contributed by atoms with E-state index in [4.69, 9.17) is 0 Å². The van der Waals surface area contributed by atoms with E-state index in [1.165, 1.54) is 0 Å². The molecule has 0 saturated heterocycles. The molecule has 5 nitrogen and oxygen atoms in total. The van der Waals surface area contributed by atoms with Crippen molar-refractivity contribution in [3.8, 4) is 5.88 Å². The number of hydrogen-bond acceptors (Lipinski definition) is 3. The lowest BCUT2D eigenvalue weighted by atomic mass is 10.2. The molecule has 0 aliphatic rings. The zero-order valence-electron chi connectivity index (χ0n) is 11.0. The van der Waals surface area contributed by atoms with Gasteiger partial charge in [0.1, 0.15) is 0 Å². The third-order valence-electron chi connectivity index (χ3n) is 3.04. The second kappa shape index (κ2) is 6.02. The fraction of sp³-hybridized carbons (Fsp3) is 0. The molecule has 0 radical (unpaired) electrons. The Morgan fingerprint density at radius 1 is 1.14 bits per heavy atom. The summed E-state index contributed by atoms with van der Waals surface area (Å²) < 4.78 is 1.58. The molecule has 0 aliphatic carbocycles. The summed E-state index contributed by atoms with van der Waals surface area (Å²) in [5.74, 6) is -0.609. The number of carbonyl (C=O) groups excluding carboxylic acids is 1. The predicted molar refractivity (Wildman–Crippen MR) is 90.7 cm³/mol. The van der Waals surface area contributed by atoms with Crippen LogP contribution in [-0.2, 0) is 0 Å². The standard InChI is InChI=1S/C15H9Br2N3O2/c16-9-6-10-12(11(17)7-9)18-15(22)13(10)19-20-14(21)8-4-2-1-3-5-8/h1-7,18,22H. The number of rotatable bonds is 2. The number of aromatic nitrogens is 1. The smallest absolute Gasteiger partial charge is 0.295 e. The average Bonchev–Trinajstić information content (AvgIpc) is 2.82. The van der Waals surface area contributed by atoms with Crippen molar-refractivity contribution in [3.05, 3.63) is 57.0 Å². The van der Waals surface area contributed by atoms with Crippen molar-refractivity contribution in [2.45, 2.75) is 0 Å². The highest BCUT2D eigenvalue weighted by Gasteiger charge is 2.14. The van der Waals surface area contributed by atoms with E-state index >= 15 is 0 Å². The van der Waals surface area contributed by atoms with Crippen LogP contribution in [0, 0.1) is 0 Å². The minimum absolute atomic E-state index is 0.140. The van der Waals surface area contributed by atoms with Gasteiger partial charge in [0.2, 0.25) is 5.88 Å². The first kappa shape index (κ1) is 14.9. The van der Waals surface area contributed by atoms with Crippen molar-refractivity contribution >= 4 is 54.4 Å². The van der Waals surface area contributed by atoms with Crippen molar-refractivity contribution in [1.29, 1.82) is 0 Å². The Labute approximate surface area is 142 Å². The highest BCUT2D eigenvalue weighted by atomic mass is 79.9. The third kappa shape index (κ3) is 2.82. The molecule has 22 heavy (non-hydrogen) atoms. The number of carbonyl (C=O) groups is 1. The summed E-state index contributed by atoms with van der Waals surface area (Å²) in [6.07, 6.45) is 0. The summed E-state index contributed by atoms with van der Waals surface area (Å²) >= 11 is 6.78. The van der Waals surface area contributed by atoms with Crippen LogP contribution >= 0.6 is 31.9 Å². The number of nitrogens with one attached hydrogen (secondary N) is 1. The Morgan fingerprint density at radius 2 is 1.86 bits per heavy atom. The molecule has 0 saturated carbocycles. The number of nitrogens with zero attached hydrogens (tertiary/aromatic N) is 2. The van der Waals surface area contributed by atoms with E-state index in [-0.39, 0.29) is 11.6 Å². The Hall–Kier alpha value is -1.99. The molecular weight excluding hydrogens is 414 g/mol. The van der Waals surface area contributed by atoms with Gasteiger partial charge in [0.05, 0.1) is 5.52 Å². The summed E-state index contributed by atoms with van der Waals surface area (Å²) in [5.41, 5.74) is 1.34. The molecule has 1 aromatic heterocycles. The number of benzene rings is 2. The molecule has 0 bridgehead atoms. The largest absolute Gasteiger partial charge is 0.493 e. The number of halogens is 2. The van der Waals surface area contributed by atoms with E-state index in [0.29, 0.717) is 16.5 Å². The van der Waals surface area contributed by atoms with Crippen molar-refractivity contribution in [2.24, 2.45) is 10.2 Å². The van der Waals surface area contributed by atoms with Gasteiger partial charge in [-0.3, -0.25) is 4.79 Å². The van der Waals surface area contributed by atoms with Crippen LogP contribution in [0.2, 0.25) is 0 Å². The molecule has 1 heterocycles. The van der Waals surface area contributed by atoms with Gasteiger partial charge in [0, 0.05) is 19.9 Å². The molecule has 2 aromatic carbocycles. The van der Waals surface area contributed by atoms with Gasteiger partial charge in [-0.2, -0.15) is 0 Å². The van der Waals surface area contributed by atoms with E-state index < -0.39 is 5.91 Å². The molecule has 3 aromatic rings. The van der Waals surface area contributed by atoms with Gasteiger partial charge in [-0.15, -0.1) is 10.2 Å². The van der Waals surface area contributed by atoms with Crippen LogP contribution in [0.1, 0.15) is 10.4 Å². The van der Waals surface area contributed by atoms with Crippen molar-refractivity contribution in [1.82, 2.24) is 4.98 Å². The zero-order valence-corrected chi connectivity index (χ0v) is 14.2. The van der Waals surface area contributed by atoms with E-state index in [1.54, 1.807) is 30.3 Å². The maximum atomic E-state index is 12.0. The summed E-state index contributed by atoms with van der Waals surface area (Å²) in [6.45, 7) is 0. The third-order valence-corrected chi connectivity index (χ3v) is 4.12. The molecule has 2 N–H and O–H groups in total. The number of H-pyrrole nitrogens is 1. The summed E-state index contributed by atoms with van der Waals surface area (Å²) in [5, 5.41) is 18.2. The molecule has 7 heteroatoms. The predicted octanol–water partition coefficient (Wildman–Crippen LogP) is 5.32. The van der Waals surface area contributed by atoms with E-state index in [2.05, 4.69) is 47.1 Å². The van der Waals surface area contributed by atoms with Crippen LogP contribution < -0.4 is 0 Å². The molecule has 0 spiro atoms. The number of azo groups is 1. The quantitative estimate of drug-likeness (QED) is 0.548. The molecule has 0 atom stereocenters. The fourth-order valence-electron chi connectivity index (χ4n) is 2.03. The van der Waals surface area contributed by atoms with Crippen molar-refractivity contribution < 1.29 is 9.90 Å². The Balaban J connectivity index is 2.02. The van der Waals surface area contributed by atoms with Gasteiger partial charge in [0.15, 0.2) is 5.69 Å². The molecule has 110 valence electrons. The maximum Gasteiger partial charge on any atom is 0.295 e. The second-order valence-electron chi connectivity index (χ2n) is 4.50. The lowest BCUT2D eigenvalue weighted by Crippen LogP contribution is -1.91. The maximum absolute atomic E-state index is 12.0. The first-order valence-corrected chi connectivity index (χ1v) is 7.85. The SMILES string of the molecule is O=C(N=Nc1c(O)[nH]c2c(Br)cc(Br)cc12)c1ccccc1. The van der Waals surface area contributed by atoms with Gasteiger partial charge < -0.3 is 10.1 Å². The number of aromatic amines is 1. The Bertz CT molecular complexity index is 889. The van der Waals surface area contributed by atoms with E-state index in [9.17, 15) is 9.90 Å². The normalized spacial score (nSPS) is 11.4. The van der Waals surface area contributed by atoms with Crippen LogP contribution in [-0.4, -0.2) is 16.0 Å². The van der Waals surface area contributed by atoms with Crippen LogP contribution in [0.3, 0.4) is 0 Å². The average molecular weight is 423 g/mol. The minimum Gasteiger partial charge on any atom is -0.493 e. The van der Waals surface area contributed by atoms with Crippen LogP contribution in [0.15, 0.2) is 61.6 Å². The lowest BCUT2D eigenvalue weighted by Gasteiger charge is -1.96. The number of fused-ring (bicyclic) bond motifs is 1. The van der Waals surface area contributed by atoms with Crippen molar-refractivity contribution in [3.63, 3.8) is 0 Å². The van der Waals surface area contributed by atoms with E-state index in [0.717, 1.165) is 8.95 Å². The summed E-state index contributed by atoms with van der Waals surface area (Å²) in [7, 11) is 0. The highest BCUT2D eigenvalue weighted by molar-refractivity contribution is 9.11. The minimum atomic E-state index is -0.469. The number of aromatic hydroxyl groups is 1. The zero-order chi connectivity index (χ0) is 15.7. The molecule has 0 fully saturated rings. The number of hydrogen-bond donors (Lipinski definition) is 2. The summed E-state index contributed by atoms with van der Waals surface area (Å²) in [4.78, 5) is 14.8. The second-order valence-corrected chi connectivity index (χ2v) is 6.27. The van der Waals surface area contributed by atoms with Gasteiger partial charge in [-0.25, -0.2) is 0 Å². The summed E-state index contributed by atoms with van der Waals surface area (Å²) in [6, 6.07) is 12.3. The van der Waals surface area contributed by atoms with Crippen LogP contribution in [0.4, 0.5) is 5.69 Å². The molecule has 3 rings (SSSR count). The van der Waals surface area contributed by atoms with Crippen LogP contribution in [0.25, 0.3) is 10.9 Å². The van der Waals surface area contributed by atoms with Gasteiger partial charge in [0.25, 0.3) is 5.91 Å². The first-order valence-electron chi connectivity index (χ1n) is 6.27. The van der Waals surface area contributed by atoms with Crippen LogP contribution in [0.5, 0.6) is 5.88 Å². The van der Waals surface area contributed by atoms with Gasteiger partial charge in [-0.05, 0) is 40.2 Å². The molecule has 0 aliphatic heterocycles. The first-order chi connectivity index (χ1) is 10.6. The fourth-order valence-corrected chi connectivity index (χ4v) is 3.35. The number of amides is 1. The monoisotopic (exact) mass is 421 g/mol. The topological polar surface area (TPSA) is 77.8 Å². The highest BCUT2D eigenvalue weighted by Crippen LogP contribution is 2.40.